The average Bonchev–Trinajstić information content (AvgIpc) is 3.40. The third-order valence-corrected chi connectivity index (χ3v) is 4.96. The Kier molecular flexibility index (Phi) is 5.37. The largest absolute Gasteiger partial charge is 0.346 e. The molecule has 1 unspecified atom stereocenters. The predicted molar refractivity (Wildman–Crippen MR) is 111 cm³/mol. The minimum Gasteiger partial charge on any atom is -0.346 e. The van der Waals surface area contributed by atoms with Crippen LogP contribution in [0.4, 0.5) is 0 Å². The summed E-state index contributed by atoms with van der Waals surface area (Å²) in [6.45, 7) is 2.43. The van der Waals surface area contributed by atoms with Gasteiger partial charge in [-0.1, -0.05) is 42.5 Å². The Morgan fingerprint density at radius 3 is 2.66 bits per heavy atom. The number of amides is 2. The number of aromatic nitrogens is 2. The van der Waals surface area contributed by atoms with Crippen molar-refractivity contribution >= 4 is 28.6 Å². The van der Waals surface area contributed by atoms with E-state index in [9.17, 15) is 9.59 Å². The highest BCUT2D eigenvalue weighted by molar-refractivity contribution is 6.02. The van der Waals surface area contributed by atoms with Crippen LogP contribution >= 0.6 is 0 Å². The standard InChI is InChI=1S/C22H23N5O2/c1-15(22-24-18-9-5-6-10-19(18)25-22)23-20(28)11-12-21(29)27-14-13-17(26-27)16-7-3-2-4-8-16/h2-10,15H,11-14H2,1H3,(H,23,28)(H,24,25). The van der Waals surface area contributed by atoms with Crippen molar-refractivity contribution in [3.05, 3.63) is 66.0 Å². The molecule has 0 aliphatic carbocycles. The molecule has 0 saturated heterocycles. The maximum absolute atomic E-state index is 12.4. The number of imidazole rings is 1. The van der Waals surface area contributed by atoms with Gasteiger partial charge in [-0.3, -0.25) is 9.59 Å². The zero-order chi connectivity index (χ0) is 20.2. The molecule has 1 atom stereocenters. The number of H-pyrrole nitrogens is 1. The number of nitrogens with one attached hydrogen (secondary N) is 2. The topological polar surface area (TPSA) is 90.4 Å². The summed E-state index contributed by atoms with van der Waals surface area (Å²) in [5.74, 6) is 0.378. The Hall–Kier alpha value is -3.48. The molecule has 2 aromatic carbocycles. The van der Waals surface area contributed by atoms with Gasteiger partial charge in [0.1, 0.15) is 5.82 Å². The van der Waals surface area contributed by atoms with E-state index in [1.165, 1.54) is 5.01 Å². The van der Waals surface area contributed by atoms with Crippen LogP contribution in [0.3, 0.4) is 0 Å². The first-order valence-electron chi connectivity index (χ1n) is 9.77. The Balaban J connectivity index is 1.29. The lowest BCUT2D eigenvalue weighted by atomic mass is 10.1. The highest BCUT2D eigenvalue weighted by atomic mass is 16.2. The maximum Gasteiger partial charge on any atom is 0.243 e. The molecule has 0 saturated carbocycles. The molecule has 1 aliphatic rings. The molecule has 2 N–H and O–H groups in total. The molecule has 7 nitrogen and oxygen atoms in total. The van der Waals surface area contributed by atoms with E-state index in [4.69, 9.17) is 0 Å². The quantitative estimate of drug-likeness (QED) is 0.678. The SMILES string of the molecule is CC(NC(=O)CCC(=O)N1CCC(c2ccccc2)=N1)c1nc2ccccc2[nH]1. The van der Waals surface area contributed by atoms with Gasteiger partial charge in [0, 0.05) is 19.3 Å². The number of aromatic amines is 1. The Labute approximate surface area is 168 Å². The smallest absolute Gasteiger partial charge is 0.243 e. The molecule has 0 fully saturated rings. The van der Waals surface area contributed by atoms with E-state index in [1.807, 2.05) is 61.5 Å². The minimum absolute atomic E-state index is 0.121. The Bertz CT molecular complexity index is 1020. The fourth-order valence-corrected chi connectivity index (χ4v) is 3.38. The van der Waals surface area contributed by atoms with Crippen LogP contribution in [0, 0.1) is 0 Å². The minimum atomic E-state index is -0.264. The summed E-state index contributed by atoms with van der Waals surface area (Å²) in [5, 5.41) is 8.79. The fraction of sp³-hybridized carbons (Fsp3) is 0.273. The number of hydrogen-bond acceptors (Lipinski definition) is 4. The van der Waals surface area contributed by atoms with Crippen molar-refractivity contribution in [1.29, 1.82) is 0 Å². The molecule has 148 valence electrons. The molecule has 0 radical (unpaired) electrons. The predicted octanol–water partition coefficient (Wildman–Crippen LogP) is 3.16. The van der Waals surface area contributed by atoms with Crippen LogP contribution in [0.5, 0.6) is 0 Å². The van der Waals surface area contributed by atoms with Gasteiger partial charge in [0.05, 0.1) is 29.3 Å². The van der Waals surface area contributed by atoms with Gasteiger partial charge in [0.2, 0.25) is 11.8 Å². The number of para-hydroxylation sites is 2. The molecular weight excluding hydrogens is 366 g/mol. The van der Waals surface area contributed by atoms with Crippen LogP contribution in [0.15, 0.2) is 59.7 Å². The van der Waals surface area contributed by atoms with E-state index in [2.05, 4.69) is 20.4 Å². The summed E-state index contributed by atoms with van der Waals surface area (Å²) >= 11 is 0. The molecule has 2 heterocycles. The summed E-state index contributed by atoms with van der Waals surface area (Å²) < 4.78 is 0. The van der Waals surface area contributed by atoms with Gasteiger partial charge in [0.15, 0.2) is 0 Å². The van der Waals surface area contributed by atoms with E-state index in [-0.39, 0.29) is 30.7 Å². The molecule has 1 aliphatic heterocycles. The third-order valence-electron chi connectivity index (χ3n) is 4.96. The molecule has 29 heavy (non-hydrogen) atoms. The fourth-order valence-electron chi connectivity index (χ4n) is 3.38. The van der Waals surface area contributed by atoms with Crippen LogP contribution in [-0.4, -0.2) is 39.0 Å². The third kappa shape index (κ3) is 4.34. The van der Waals surface area contributed by atoms with Crippen LogP contribution in [-0.2, 0) is 9.59 Å². The lowest BCUT2D eigenvalue weighted by Crippen LogP contribution is -2.30. The molecule has 0 bridgehead atoms. The molecule has 7 heteroatoms. The first-order chi connectivity index (χ1) is 14.1. The molecular formula is C22H23N5O2. The number of benzene rings is 2. The van der Waals surface area contributed by atoms with E-state index in [0.717, 1.165) is 28.7 Å². The summed E-state index contributed by atoms with van der Waals surface area (Å²) in [4.78, 5) is 32.4. The number of nitrogens with zero attached hydrogens (tertiary/aromatic N) is 3. The van der Waals surface area contributed by atoms with Gasteiger partial charge in [-0.25, -0.2) is 9.99 Å². The van der Waals surface area contributed by atoms with Crippen LogP contribution in [0.1, 0.15) is 43.6 Å². The average molecular weight is 389 g/mol. The normalized spacial score (nSPS) is 14.7. The molecule has 3 aromatic rings. The first-order valence-corrected chi connectivity index (χ1v) is 9.77. The van der Waals surface area contributed by atoms with Gasteiger partial charge in [0.25, 0.3) is 0 Å². The zero-order valence-corrected chi connectivity index (χ0v) is 16.3. The van der Waals surface area contributed by atoms with Gasteiger partial charge in [-0.2, -0.15) is 5.10 Å². The highest BCUT2D eigenvalue weighted by Gasteiger charge is 2.22. The number of carbonyl (C=O) groups excluding carboxylic acids is 2. The molecule has 4 rings (SSSR count). The lowest BCUT2D eigenvalue weighted by molar-refractivity contribution is -0.133. The Morgan fingerprint density at radius 2 is 1.86 bits per heavy atom. The second-order valence-electron chi connectivity index (χ2n) is 7.11. The monoisotopic (exact) mass is 389 g/mol. The second kappa shape index (κ2) is 8.26. The lowest BCUT2D eigenvalue weighted by Gasteiger charge is -2.13. The number of hydrazone groups is 1. The molecule has 1 aromatic heterocycles. The van der Waals surface area contributed by atoms with Gasteiger partial charge in [-0.15, -0.1) is 0 Å². The van der Waals surface area contributed by atoms with E-state index in [1.54, 1.807) is 0 Å². The van der Waals surface area contributed by atoms with Crippen LogP contribution < -0.4 is 5.32 Å². The van der Waals surface area contributed by atoms with Gasteiger partial charge >= 0.3 is 0 Å². The molecule has 0 spiro atoms. The van der Waals surface area contributed by atoms with Crippen molar-refractivity contribution in [2.45, 2.75) is 32.2 Å². The summed E-state index contributed by atoms with van der Waals surface area (Å²) in [5.41, 5.74) is 3.72. The van der Waals surface area contributed by atoms with Crippen molar-refractivity contribution in [3.8, 4) is 0 Å². The Morgan fingerprint density at radius 1 is 1.10 bits per heavy atom. The second-order valence-corrected chi connectivity index (χ2v) is 7.11. The maximum atomic E-state index is 12.4. The van der Waals surface area contributed by atoms with Crippen molar-refractivity contribution in [1.82, 2.24) is 20.3 Å². The summed E-state index contributed by atoms with van der Waals surface area (Å²) in [7, 11) is 0. The summed E-state index contributed by atoms with van der Waals surface area (Å²) in [6, 6.07) is 17.3. The molecule has 2 amide bonds. The van der Waals surface area contributed by atoms with Gasteiger partial charge in [-0.05, 0) is 24.6 Å². The number of hydrogen-bond donors (Lipinski definition) is 2. The van der Waals surface area contributed by atoms with E-state index >= 15 is 0 Å². The van der Waals surface area contributed by atoms with Crippen molar-refractivity contribution < 1.29 is 9.59 Å². The van der Waals surface area contributed by atoms with Crippen molar-refractivity contribution in [3.63, 3.8) is 0 Å². The first kappa shape index (κ1) is 18.9. The van der Waals surface area contributed by atoms with E-state index < -0.39 is 0 Å². The zero-order valence-electron chi connectivity index (χ0n) is 16.3. The van der Waals surface area contributed by atoms with Crippen LogP contribution in [0.2, 0.25) is 0 Å². The van der Waals surface area contributed by atoms with E-state index in [0.29, 0.717) is 12.4 Å². The summed E-state index contributed by atoms with van der Waals surface area (Å²) in [6.07, 6.45) is 0.978. The van der Waals surface area contributed by atoms with Crippen LogP contribution in [0.25, 0.3) is 11.0 Å². The van der Waals surface area contributed by atoms with Gasteiger partial charge < -0.3 is 10.3 Å². The van der Waals surface area contributed by atoms with Crippen molar-refractivity contribution in [2.75, 3.05) is 6.54 Å². The van der Waals surface area contributed by atoms with Crippen molar-refractivity contribution in [2.24, 2.45) is 5.10 Å². The number of rotatable bonds is 6. The highest BCUT2D eigenvalue weighted by Crippen LogP contribution is 2.17. The number of fused-ring (bicyclic) bond motifs is 1. The number of carbonyl (C=O) groups is 2.